The third kappa shape index (κ3) is 3.25. The molecule has 0 amide bonds. The van der Waals surface area contributed by atoms with E-state index in [1.54, 1.807) is 0 Å². The Bertz CT molecular complexity index is 455. The first-order valence-corrected chi connectivity index (χ1v) is 7.17. The first-order chi connectivity index (χ1) is 9.00. The van der Waals surface area contributed by atoms with E-state index in [-0.39, 0.29) is 18.3 Å². The van der Waals surface area contributed by atoms with Gasteiger partial charge in [0.05, 0.1) is 16.8 Å². The monoisotopic (exact) mass is 276 g/mol. The Balaban J connectivity index is 2.12. The predicted molar refractivity (Wildman–Crippen MR) is 82.2 cm³/mol. The van der Waals surface area contributed by atoms with E-state index in [0.29, 0.717) is 6.42 Å². The molecule has 0 spiro atoms. The molecule has 1 aromatic carbocycles. The molecule has 1 aromatic rings. The van der Waals surface area contributed by atoms with Crippen molar-refractivity contribution >= 4 is 12.6 Å². The summed E-state index contributed by atoms with van der Waals surface area (Å²) in [6.45, 7) is 11.8. The second-order valence-electron chi connectivity index (χ2n) is 7.32. The average molecular weight is 276 g/mol. The summed E-state index contributed by atoms with van der Waals surface area (Å²) in [6, 6.07) is 8.09. The van der Waals surface area contributed by atoms with Crippen molar-refractivity contribution < 1.29 is 14.4 Å². The third-order valence-corrected chi connectivity index (χ3v) is 4.14. The van der Waals surface area contributed by atoms with E-state index in [4.69, 9.17) is 9.31 Å². The number of aliphatic hydroxyl groups is 1. The van der Waals surface area contributed by atoms with Crippen molar-refractivity contribution in [2.75, 3.05) is 0 Å². The summed E-state index contributed by atoms with van der Waals surface area (Å²) in [5.74, 6) is 0. The minimum absolute atomic E-state index is 0.316. The topological polar surface area (TPSA) is 38.7 Å². The zero-order valence-corrected chi connectivity index (χ0v) is 13.4. The molecule has 0 unspecified atom stereocenters. The number of hydrogen-bond donors (Lipinski definition) is 1. The minimum atomic E-state index is -0.689. The van der Waals surface area contributed by atoms with Crippen molar-refractivity contribution in [1.82, 2.24) is 0 Å². The van der Waals surface area contributed by atoms with Gasteiger partial charge in [0.25, 0.3) is 0 Å². The second-order valence-corrected chi connectivity index (χ2v) is 7.32. The van der Waals surface area contributed by atoms with Crippen molar-refractivity contribution in [2.45, 2.75) is 64.8 Å². The van der Waals surface area contributed by atoms with Gasteiger partial charge in [-0.15, -0.1) is 0 Å². The van der Waals surface area contributed by atoms with Crippen molar-refractivity contribution in [2.24, 2.45) is 0 Å². The van der Waals surface area contributed by atoms with Crippen molar-refractivity contribution in [3.8, 4) is 0 Å². The smallest absolute Gasteiger partial charge is 0.399 e. The Kier molecular flexibility index (Phi) is 3.78. The van der Waals surface area contributed by atoms with Crippen LogP contribution in [0.3, 0.4) is 0 Å². The Morgan fingerprint density at radius 3 is 1.85 bits per heavy atom. The molecule has 0 atom stereocenters. The van der Waals surface area contributed by atoms with Gasteiger partial charge in [0.1, 0.15) is 0 Å². The molecule has 1 fully saturated rings. The van der Waals surface area contributed by atoms with Gasteiger partial charge in [-0.1, -0.05) is 24.3 Å². The van der Waals surface area contributed by atoms with Crippen molar-refractivity contribution in [3.05, 3.63) is 29.8 Å². The second kappa shape index (κ2) is 4.87. The average Bonchev–Trinajstić information content (AvgIpc) is 2.47. The largest absolute Gasteiger partial charge is 0.494 e. The van der Waals surface area contributed by atoms with Gasteiger partial charge in [-0.3, -0.25) is 0 Å². The standard InChI is InChI=1S/C16H25BO3/c1-14(2,18)11-12-7-9-13(10-8-12)17-19-15(3,4)16(5,6)20-17/h7-10,18H,11H2,1-6H3. The maximum atomic E-state index is 9.84. The molecule has 2 rings (SSSR count). The molecule has 20 heavy (non-hydrogen) atoms. The van der Waals surface area contributed by atoms with Gasteiger partial charge in [-0.05, 0) is 52.6 Å². The molecule has 1 aliphatic rings. The summed E-state index contributed by atoms with van der Waals surface area (Å²) in [7, 11) is -0.323. The molecule has 0 saturated carbocycles. The van der Waals surface area contributed by atoms with Crippen molar-refractivity contribution in [1.29, 1.82) is 0 Å². The highest BCUT2D eigenvalue weighted by Gasteiger charge is 2.51. The lowest BCUT2D eigenvalue weighted by Crippen LogP contribution is -2.41. The summed E-state index contributed by atoms with van der Waals surface area (Å²) < 4.78 is 12.0. The van der Waals surface area contributed by atoms with Gasteiger partial charge in [0, 0.05) is 6.42 Å². The molecule has 1 saturated heterocycles. The van der Waals surface area contributed by atoms with Crippen molar-refractivity contribution in [3.63, 3.8) is 0 Å². The normalized spacial score (nSPS) is 21.2. The fraction of sp³-hybridized carbons (Fsp3) is 0.625. The van der Waals surface area contributed by atoms with E-state index in [0.717, 1.165) is 11.0 Å². The first kappa shape index (κ1) is 15.6. The van der Waals surface area contributed by atoms with Crippen LogP contribution in [0.15, 0.2) is 24.3 Å². The molecular weight excluding hydrogens is 251 g/mol. The minimum Gasteiger partial charge on any atom is -0.399 e. The van der Waals surface area contributed by atoms with Gasteiger partial charge < -0.3 is 14.4 Å². The predicted octanol–water partition coefficient (Wildman–Crippen LogP) is 2.30. The highest BCUT2D eigenvalue weighted by Crippen LogP contribution is 2.36. The summed E-state index contributed by atoms with van der Waals surface area (Å²) >= 11 is 0. The molecule has 1 aliphatic heterocycles. The molecule has 4 heteroatoms. The molecule has 0 aliphatic carbocycles. The third-order valence-electron chi connectivity index (χ3n) is 4.14. The first-order valence-electron chi connectivity index (χ1n) is 7.17. The van der Waals surface area contributed by atoms with E-state index >= 15 is 0 Å². The molecule has 0 radical (unpaired) electrons. The van der Waals surface area contributed by atoms with E-state index in [1.807, 2.05) is 38.1 Å². The maximum Gasteiger partial charge on any atom is 0.494 e. The highest BCUT2D eigenvalue weighted by atomic mass is 16.7. The van der Waals surface area contributed by atoms with Gasteiger partial charge in [-0.2, -0.15) is 0 Å². The van der Waals surface area contributed by atoms with Gasteiger partial charge in [0.15, 0.2) is 0 Å². The van der Waals surface area contributed by atoms with Crippen LogP contribution in [-0.2, 0) is 15.7 Å². The van der Waals surface area contributed by atoms with E-state index in [9.17, 15) is 5.11 Å². The summed E-state index contributed by atoms with van der Waals surface area (Å²) in [4.78, 5) is 0. The zero-order valence-electron chi connectivity index (χ0n) is 13.4. The van der Waals surface area contributed by atoms with Gasteiger partial charge in [0.2, 0.25) is 0 Å². The quantitative estimate of drug-likeness (QED) is 0.861. The summed E-state index contributed by atoms with van der Waals surface area (Å²) in [6.07, 6.45) is 0.636. The Morgan fingerprint density at radius 1 is 1.00 bits per heavy atom. The molecule has 0 bridgehead atoms. The molecule has 1 N–H and O–H groups in total. The van der Waals surface area contributed by atoms with Crippen LogP contribution in [0.2, 0.25) is 0 Å². The summed E-state index contributed by atoms with van der Waals surface area (Å²) in [5, 5.41) is 9.84. The van der Waals surface area contributed by atoms with Crippen LogP contribution in [0.5, 0.6) is 0 Å². The van der Waals surface area contributed by atoms with E-state index in [2.05, 4.69) is 27.7 Å². The van der Waals surface area contributed by atoms with Crippen LogP contribution >= 0.6 is 0 Å². The Hall–Kier alpha value is -0.835. The fourth-order valence-corrected chi connectivity index (χ4v) is 2.27. The van der Waals surface area contributed by atoms with Crippen LogP contribution < -0.4 is 5.46 Å². The Morgan fingerprint density at radius 2 is 1.45 bits per heavy atom. The lowest BCUT2D eigenvalue weighted by Gasteiger charge is -2.32. The van der Waals surface area contributed by atoms with E-state index < -0.39 is 5.60 Å². The molecule has 110 valence electrons. The highest BCUT2D eigenvalue weighted by molar-refractivity contribution is 6.62. The van der Waals surface area contributed by atoms with Crippen LogP contribution in [0.1, 0.15) is 47.1 Å². The fourth-order valence-electron chi connectivity index (χ4n) is 2.27. The number of benzene rings is 1. The number of hydrogen-bond acceptors (Lipinski definition) is 3. The molecule has 1 heterocycles. The van der Waals surface area contributed by atoms with Gasteiger partial charge in [-0.25, -0.2) is 0 Å². The zero-order chi connectivity index (χ0) is 15.2. The van der Waals surface area contributed by atoms with Crippen LogP contribution in [0.4, 0.5) is 0 Å². The Labute approximate surface area is 122 Å². The molecule has 3 nitrogen and oxygen atoms in total. The van der Waals surface area contributed by atoms with E-state index in [1.165, 1.54) is 0 Å². The van der Waals surface area contributed by atoms with Crippen LogP contribution in [-0.4, -0.2) is 29.0 Å². The van der Waals surface area contributed by atoms with Crippen LogP contribution in [0, 0.1) is 0 Å². The van der Waals surface area contributed by atoms with Gasteiger partial charge >= 0.3 is 7.12 Å². The molecule has 0 aromatic heterocycles. The summed E-state index contributed by atoms with van der Waals surface area (Å²) in [5.41, 5.74) is 0.805. The number of rotatable bonds is 3. The molecular formula is C16H25BO3. The SMILES string of the molecule is CC(C)(O)Cc1ccc(B2OC(C)(C)C(C)(C)O2)cc1. The lowest BCUT2D eigenvalue weighted by atomic mass is 9.78. The maximum absolute atomic E-state index is 9.84. The lowest BCUT2D eigenvalue weighted by molar-refractivity contribution is 0.00578. The van der Waals surface area contributed by atoms with Crippen LogP contribution in [0.25, 0.3) is 0 Å².